The molecule has 1 rings (SSSR count). The van der Waals surface area contributed by atoms with Gasteiger partial charge >= 0.3 is 5.69 Å². The summed E-state index contributed by atoms with van der Waals surface area (Å²) in [4.78, 5) is 9.69. The van der Waals surface area contributed by atoms with Crippen LogP contribution in [0.5, 0.6) is 5.75 Å². The number of nitro groups is 1. The highest BCUT2D eigenvalue weighted by Crippen LogP contribution is 2.26. The molecule has 0 aliphatic carbocycles. The van der Waals surface area contributed by atoms with Crippen LogP contribution in [0.1, 0.15) is 12.5 Å². The van der Waals surface area contributed by atoms with Crippen molar-refractivity contribution in [1.29, 1.82) is 5.41 Å². The number of aromatic hydroxyl groups is 1. The number of benzene rings is 1. The second-order valence-corrected chi connectivity index (χ2v) is 2.59. The van der Waals surface area contributed by atoms with E-state index in [4.69, 9.17) is 10.5 Å². The summed E-state index contributed by atoms with van der Waals surface area (Å²) in [7, 11) is 0. The summed E-state index contributed by atoms with van der Waals surface area (Å²) in [6.07, 6.45) is 0. The van der Waals surface area contributed by atoms with Gasteiger partial charge in [-0.15, -0.1) is 0 Å². The summed E-state index contributed by atoms with van der Waals surface area (Å²) >= 11 is 0. The number of phenols is 1. The quantitative estimate of drug-likeness (QED) is 0.412. The van der Waals surface area contributed by atoms with Crippen LogP contribution < -0.4 is 0 Å². The standard InChI is InChI=1S/C8H8N2O3/c1-5(9)6-2-3-8(11)7(4-6)10(12)13/h2-4,9,11H,1H3. The molecule has 2 N–H and O–H groups in total. The molecule has 0 bridgehead atoms. The zero-order chi connectivity index (χ0) is 10.0. The second-order valence-electron chi connectivity index (χ2n) is 2.59. The molecule has 13 heavy (non-hydrogen) atoms. The van der Waals surface area contributed by atoms with Crippen LogP contribution in [0.15, 0.2) is 18.2 Å². The number of rotatable bonds is 2. The third-order valence-electron chi connectivity index (χ3n) is 1.61. The van der Waals surface area contributed by atoms with E-state index >= 15 is 0 Å². The van der Waals surface area contributed by atoms with Crippen molar-refractivity contribution in [2.45, 2.75) is 6.92 Å². The Kier molecular flexibility index (Phi) is 2.27. The zero-order valence-electron chi connectivity index (χ0n) is 6.94. The number of nitrogens with one attached hydrogen (secondary N) is 1. The van der Waals surface area contributed by atoms with Crippen LogP contribution in [0, 0.1) is 15.5 Å². The van der Waals surface area contributed by atoms with Crippen LogP contribution in [0.4, 0.5) is 5.69 Å². The first-order chi connectivity index (χ1) is 6.02. The molecule has 0 fully saturated rings. The molecule has 0 aromatic heterocycles. The van der Waals surface area contributed by atoms with Gasteiger partial charge in [-0.25, -0.2) is 0 Å². The highest BCUT2D eigenvalue weighted by molar-refractivity contribution is 5.97. The van der Waals surface area contributed by atoms with Crippen LogP contribution in [0.2, 0.25) is 0 Å². The molecule has 0 atom stereocenters. The molecule has 0 heterocycles. The molecule has 1 aromatic carbocycles. The maximum atomic E-state index is 10.4. The minimum absolute atomic E-state index is 0.225. The van der Waals surface area contributed by atoms with Crippen molar-refractivity contribution in [3.8, 4) is 5.75 Å². The Morgan fingerprint density at radius 3 is 2.69 bits per heavy atom. The second kappa shape index (κ2) is 3.22. The molecule has 5 nitrogen and oxygen atoms in total. The number of phenolic OH excluding ortho intramolecular Hbond substituents is 1. The molecular formula is C8H8N2O3. The van der Waals surface area contributed by atoms with E-state index in [0.717, 1.165) is 0 Å². The van der Waals surface area contributed by atoms with Crippen molar-refractivity contribution in [3.63, 3.8) is 0 Å². The zero-order valence-corrected chi connectivity index (χ0v) is 6.94. The first-order valence-electron chi connectivity index (χ1n) is 3.55. The average Bonchev–Trinajstić information content (AvgIpc) is 2.04. The predicted molar refractivity (Wildman–Crippen MR) is 47.3 cm³/mol. The van der Waals surface area contributed by atoms with Crippen molar-refractivity contribution in [3.05, 3.63) is 33.9 Å². The molecule has 68 valence electrons. The van der Waals surface area contributed by atoms with Gasteiger partial charge in [-0.3, -0.25) is 10.1 Å². The van der Waals surface area contributed by atoms with Gasteiger partial charge in [-0.2, -0.15) is 0 Å². The van der Waals surface area contributed by atoms with Crippen LogP contribution in [0.3, 0.4) is 0 Å². The Labute approximate surface area is 74.3 Å². The van der Waals surface area contributed by atoms with Crippen molar-refractivity contribution >= 4 is 11.4 Å². The van der Waals surface area contributed by atoms with E-state index in [0.29, 0.717) is 5.56 Å². The van der Waals surface area contributed by atoms with Crippen molar-refractivity contribution in [2.75, 3.05) is 0 Å². The Hall–Kier alpha value is -1.91. The Balaban J connectivity index is 3.27. The van der Waals surface area contributed by atoms with Crippen LogP contribution in [-0.4, -0.2) is 15.7 Å². The molecule has 0 unspecified atom stereocenters. The lowest BCUT2D eigenvalue weighted by atomic mass is 10.1. The minimum atomic E-state index is -0.679. The lowest BCUT2D eigenvalue weighted by Gasteiger charge is -1.99. The summed E-state index contributed by atoms with van der Waals surface area (Å²) in [5.74, 6) is -0.380. The molecule has 0 aliphatic rings. The Morgan fingerprint density at radius 1 is 1.62 bits per heavy atom. The van der Waals surface area contributed by atoms with E-state index in [9.17, 15) is 10.1 Å². The van der Waals surface area contributed by atoms with E-state index < -0.39 is 4.92 Å². The van der Waals surface area contributed by atoms with Gasteiger partial charge in [0.1, 0.15) is 0 Å². The SMILES string of the molecule is CC(=N)c1ccc(O)c([N+](=O)[O-])c1. The van der Waals surface area contributed by atoms with Crippen molar-refractivity contribution < 1.29 is 10.0 Å². The third kappa shape index (κ3) is 1.81. The van der Waals surface area contributed by atoms with Crippen molar-refractivity contribution in [2.24, 2.45) is 0 Å². The molecule has 0 spiro atoms. The Bertz CT molecular complexity index is 374. The fraction of sp³-hybridized carbons (Fsp3) is 0.125. The van der Waals surface area contributed by atoms with Gasteiger partial charge in [-0.05, 0) is 19.1 Å². The molecule has 1 aromatic rings. The summed E-state index contributed by atoms with van der Waals surface area (Å²) in [6, 6.07) is 3.85. The van der Waals surface area contributed by atoms with Gasteiger partial charge in [0.05, 0.1) is 4.92 Å². The highest BCUT2D eigenvalue weighted by atomic mass is 16.6. The van der Waals surface area contributed by atoms with Gasteiger partial charge in [0, 0.05) is 17.3 Å². The van der Waals surface area contributed by atoms with Crippen LogP contribution >= 0.6 is 0 Å². The van der Waals surface area contributed by atoms with E-state index in [1.165, 1.54) is 25.1 Å². The first kappa shape index (κ1) is 9.18. The van der Waals surface area contributed by atoms with Gasteiger partial charge in [-0.1, -0.05) is 0 Å². The average molecular weight is 180 g/mol. The highest BCUT2D eigenvalue weighted by Gasteiger charge is 2.13. The molecule has 0 radical (unpaired) electrons. The van der Waals surface area contributed by atoms with E-state index in [2.05, 4.69) is 0 Å². The summed E-state index contributed by atoms with van der Waals surface area (Å²) < 4.78 is 0. The lowest BCUT2D eigenvalue weighted by molar-refractivity contribution is -0.385. The molecule has 0 amide bonds. The van der Waals surface area contributed by atoms with Gasteiger partial charge in [0.2, 0.25) is 0 Å². The number of nitro benzene ring substituents is 1. The summed E-state index contributed by atoms with van der Waals surface area (Å²) in [5, 5.41) is 26.7. The first-order valence-corrected chi connectivity index (χ1v) is 3.55. The van der Waals surface area contributed by atoms with Gasteiger partial charge in [0.15, 0.2) is 5.75 Å². The lowest BCUT2D eigenvalue weighted by Crippen LogP contribution is -1.95. The molecule has 0 aliphatic heterocycles. The minimum Gasteiger partial charge on any atom is -0.502 e. The predicted octanol–water partition coefficient (Wildman–Crippen LogP) is 1.69. The molecule has 0 saturated carbocycles. The van der Waals surface area contributed by atoms with Gasteiger partial charge in [0.25, 0.3) is 0 Å². The number of nitrogens with zero attached hydrogens (tertiary/aromatic N) is 1. The van der Waals surface area contributed by atoms with E-state index in [-0.39, 0.29) is 17.1 Å². The monoisotopic (exact) mass is 180 g/mol. The van der Waals surface area contributed by atoms with Gasteiger partial charge < -0.3 is 10.5 Å². The fourth-order valence-electron chi connectivity index (χ4n) is 0.903. The summed E-state index contributed by atoms with van der Waals surface area (Å²) in [6.45, 7) is 1.52. The van der Waals surface area contributed by atoms with E-state index in [1.807, 2.05) is 0 Å². The smallest absolute Gasteiger partial charge is 0.311 e. The molecule has 0 saturated heterocycles. The topological polar surface area (TPSA) is 87.2 Å². The molecular weight excluding hydrogens is 172 g/mol. The maximum Gasteiger partial charge on any atom is 0.311 e. The number of hydrogen-bond acceptors (Lipinski definition) is 4. The van der Waals surface area contributed by atoms with Crippen molar-refractivity contribution in [1.82, 2.24) is 0 Å². The summed E-state index contributed by atoms with van der Waals surface area (Å²) in [5.41, 5.74) is 0.289. The largest absolute Gasteiger partial charge is 0.502 e. The number of hydrogen-bond donors (Lipinski definition) is 2. The molecule has 5 heteroatoms. The normalized spacial score (nSPS) is 9.62. The fourth-order valence-corrected chi connectivity index (χ4v) is 0.903. The van der Waals surface area contributed by atoms with Crippen LogP contribution in [0.25, 0.3) is 0 Å². The Morgan fingerprint density at radius 2 is 2.23 bits per heavy atom. The third-order valence-corrected chi connectivity index (χ3v) is 1.61. The van der Waals surface area contributed by atoms with E-state index in [1.54, 1.807) is 0 Å². The maximum absolute atomic E-state index is 10.4. The van der Waals surface area contributed by atoms with Crippen LogP contribution in [-0.2, 0) is 0 Å².